The van der Waals surface area contributed by atoms with Gasteiger partial charge >= 0.3 is 0 Å². The lowest BCUT2D eigenvalue weighted by atomic mass is 10.0. The number of halogens is 2. The van der Waals surface area contributed by atoms with Gasteiger partial charge in [-0.3, -0.25) is 0 Å². The lowest BCUT2D eigenvalue weighted by Gasteiger charge is -2.19. The van der Waals surface area contributed by atoms with E-state index in [1.54, 1.807) is 12.1 Å². The number of aromatic nitrogens is 2. The fourth-order valence-corrected chi connectivity index (χ4v) is 2.38. The van der Waals surface area contributed by atoms with Crippen LogP contribution in [0.1, 0.15) is 31.1 Å². The summed E-state index contributed by atoms with van der Waals surface area (Å²) in [5, 5.41) is 7.60. The van der Waals surface area contributed by atoms with E-state index in [2.05, 4.69) is 15.5 Å². The first-order valence-corrected chi connectivity index (χ1v) is 6.64. The SMILES string of the molecule is Fc1cc(Cl)ccc1-c1nc(C2CCCCN2)no1. The minimum atomic E-state index is -0.459. The molecule has 0 saturated carbocycles. The van der Waals surface area contributed by atoms with Crippen LogP contribution in [0.5, 0.6) is 0 Å². The highest BCUT2D eigenvalue weighted by atomic mass is 35.5. The molecule has 2 heterocycles. The van der Waals surface area contributed by atoms with E-state index in [1.165, 1.54) is 6.07 Å². The van der Waals surface area contributed by atoms with E-state index in [4.69, 9.17) is 16.1 Å². The third-order valence-corrected chi connectivity index (χ3v) is 3.46. The zero-order valence-electron chi connectivity index (χ0n) is 10.2. The van der Waals surface area contributed by atoms with Crippen LogP contribution < -0.4 is 5.32 Å². The second-order valence-electron chi connectivity index (χ2n) is 4.58. The van der Waals surface area contributed by atoms with Crippen molar-refractivity contribution in [1.29, 1.82) is 0 Å². The Balaban J connectivity index is 1.87. The fourth-order valence-electron chi connectivity index (χ4n) is 2.22. The molecule has 1 aromatic heterocycles. The van der Waals surface area contributed by atoms with Gasteiger partial charge in [0.1, 0.15) is 5.82 Å². The van der Waals surface area contributed by atoms with Crippen LogP contribution in [0.15, 0.2) is 22.7 Å². The van der Waals surface area contributed by atoms with Gasteiger partial charge in [0.2, 0.25) is 0 Å². The number of nitrogens with one attached hydrogen (secondary N) is 1. The average Bonchev–Trinajstić information content (AvgIpc) is 2.89. The van der Waals surface area contributed by atoms with Crippen LogP contribution in [0.25, 0.3) is 11.5 Å². The minimum Gasteiger partial charge on any atom is -0.334 e. The summed E-state index contributed by atoms with van der Waals surface area (Å²) >= 11 is 5.71. The lowest BCUT2D eigenvalue weighted by Crippen LogP contribution is -2.27. The number of hydrogen-bond acceptors (Lipinski definition) is 4. The highest BCUT2D eigenvalue weighted by molar-refractivity contribution is 6.30. The quantitative estimate of drug-likeness (QED) is 0.917. The van der Waals surface area contributed by atoms with Gasteiger partial charge in [0, 0.05) is 5.02 Å². The third kappa shape index (κ3) is 2.62. The molecule has 100 valence electrons. The van der Waals surface area contributed by atoms with Gasteiger partial charge in [0.15, 0.2) is 5.82 Å². The van der Waals surface area contributed by atoms with Crippen LogP contribution in [0.2, 0.25) is 5.02 Å². The van der Waals surface area contributed by atoms with E-state index in [0.717, 1.165) is 25.8 Å². The molecule has 4 nitrogen and oxygen atoms in total. The fraction of sp³-hybridized carbons (Fsp3) is 0.385. The summed E-state index contributed by atoms with van der Waals surface area (Å²) in [6.07, 6.45) is 3.27. The molecule has 1 atom stereocenters. The van der Waals surface area contributed by atoms with Crippen LogP contribution in [-0.2, 0) is 0 Å². The van der Waals surface area contributed by atoms with Crippen molar-refractivity contribution >= 4 is 11.6 Å². The summed E-state index contributed by atoms with van der Waals surface area (Å²) in [5.41, 5.74) is 0.277. The summed E-state index contributed by atoms with van der Waals surface area (Å²) in [5.74, 6) is 0.319. The van der Waals surface area contributed by atoms with E-state index in [0.29, 0.717) is 10.8 Å². The van der Waals surface area contributed by atoms with E-state index in [1.807, 2.05) is 0 Å². The normalized spacial score (nSPS) is 19.6. The third-order valence-electron chi connectivity index (χ3n) is 3.23. The molecule has 1 saturated heterocycles. The number of rotatable bonds is 2. The van der Waals surface area contributed by atoms with Crippen LogP contribution in [0, 0.1) is 5.82 Å². The van der Waals surface area contributed by atoms with Crippen molar-refractivity contribution in [3.8, 4) is 11.5 Å². The molecule has 19 heavy (non-hydrogen) atoms. The summed E-state index contributed by atoms with van der Waals surface area (Å²) in [6.45, 7) is 0.948. The molecule has 1 unspecified atom stereocenters. The number of hydrogen-bond donors (Lipinski definition) is 1. The van der Waals surface area contributed by atoms with Gasteiger partial charge in [0.05, 0.1) is 11.6 Å². The average molecular weight is 282 g/mol. The zero-order valence-corrected chi connectivity index (χ0v) is 11.0. The predicted molar refractivity (Wildman–Crippen MR) is 69.3 cm³/mol. The Hall–Kier alpha value is -1.46. The molecule has 0 amide bonds. The molecule has 6 heteroatoms. The summed E-state index contributed by atoms with van der Waals surface area (Å²) in [7, 11) is 0. The smallest absolute Gasteiger partial charge is 0.260 e. The van der Waals surface area contributed by atoms with Crippen LogP contribution in [-0.4, -0.2) is 16.7 Å². The highest BCUT2D eigenvalue weighted by Crippen LogP contribution is 2.26. The van der Waals surface area contributed by atoms with Gasteiger partial charge in [-0.05, 0) is 37.6 Å². The molecule has 3 rings (SSSR count). The maximum Gasteiger partial charge on any atom is 0.260 e. The second kappa shape index (κ2) is 5.27. The van der Waals surface area contributed by atoms with E-state index in [9.17, 15) is 4.39 Å². The first-order valence-electron chi connectivity index (χ1n) is 6.26. The van der Waals surface area contributed by atoms with Crippen LogP contribution >= 0.6 is 11.6 Å². The molecular weight excluding hydrogens is 269 g/mol. The van der Waals surface area contributed by atoms with Crippen LogP contribution in [0.4, 0.5) is 4.39 Å². The van der Waals surface area contributed by atoms with E-state index >= 15 is 0 Å². The summed E-state index contributed by atoms with van der Waals surface area (Å²) in [6, 6.07) is 4.48. The summed E-state index contributed by atoms with van der Waals surface area (Å²) < 4.78 is 18.9. The molecule has 0 bridgehead atoms. The molecule has 1 aromatic carbocycles. The standard InChI is InChI=1S/C13H13ClFN3O/c14-8-4-5-9(10(15)7-8)13-17-12(18-19-13)11-3-1-2-6-16-11/h4-5,7,11,16H,1-3,6H2. The van der Waals surface area contributed by atoms with Crippen molar-refractivity contribution in [2.45, 2.75) is 25.3 Å². The molecule has 1 fully saturated rings. The Morgan fingerprint density at radius 1 is 1.37 bits per heavy atom. The Kier molecular flexibility index (Phi) is 3.48. The maximum absolute atomic E-state index is 13.8. The van der Waals surface area contributed by atoms with Crippen molar-refractivity contribution < 1.29 is 8.91 Å². The highest BCUT2D eigenvalue weighted by Gasteiger charge is 2.21. The Morgan fingerprint density at radius 3 is 3.00 bits per heavy atom. The summed E-state index contributed by atoms with van der Waals surface area (Å²) in [4.78, 5) is 4.27. The molecule has 2 aromatic rings. The molecule has 0 spiro atoms. The van der Waals surface area contributed by atoms with Gasteiger partial charge in [-0.15, -0.1) is 0 Å². The molecule has 0 radical (unpaired) electrons. The van der Waals surface area contributed by atoms with Gasteiger partial charge < -0.3 is 9.84 Å². The molecule has 1 N–H and O–H groups in total. The van der Waals surface area contributed by atoms with E-state index < -0.39 is 5.82 Å². The number of nitrogens with zero attached hydrogens (tertiary/aromatic N) is 2. The van der Waals surface area contributed by atoms with Gasteiger partial charge in [-0.1, -0.05) is 23.2 Å². The monoisotopic (exact) mass is 281 g/mol. The Labute approximate surface area is 115 Å². The van der Waals surface area contributed by atoms with Crippen molar-refractivity contribution in [2.24, 2.45) is 0 Å². The van der Waals surface area contributed by atoms with Gasteiger partial charge in [0.25, 0.3) is 5.89 Å². The second-order valence-corrected chi connectivity index (χ2v) is 5.02. The van der Waals surface area contributed by atoms with Crippen LogP contribution in [0.3, 0.4) is 0 Å². The Bertz CT molecular complexity index is 581. The topological polar surface area (TPSA) is 51.0 Å². The first-order chi connectivity index (χ1) is 9.24. The van der Waals surface area contributed by atoms with Crippen molar-refractivity contribution in [3.63, 3.8) is 0 Å². The first kappa shape index (κ1) is 12.6. The molecule has 0 aliphatic carbocycles. The molecule has 1 aliphatic heterocycles. The molecule has 1 aliphatic rings. The van der Waals surface area contributed by atoms with Crippen molar-refractivity contribution in [1.82, 2.24) is 15.5 Å². The maximum atomic E-state index is 13.8. The molecular formula is C13H13ClFN3O. The lowest BCUT2D eigenvalue weighted by molar-refractivity contribution is 0.366. The van der Waals surface area contributed by atoms with Gasteiger partial charge in [-0.2, -0.15) is 4.98 Å². The zero-order chi connectivity index (χ0) is 13.2. The van der Waals surface area contributed by atoms with Gasteiger partial charge in [-0.25, -0.2) is 4.39 Å². The number of piperidine rings is 1. The number of benzene rings is 1. The van der Waals surface area contributed by atoms with Crippen molar-refractivity contribution in [3.05, 3.63) is 34.9 Å². The minimum absolute atomic E-state index is 0.0987. The largest absolute Gasteiger partial charge is 0.334 e. The van der Waals surface area contributed by atoms with E-state index in [-0.39, 0.29) is 17.5 Å². The Morgan fingerprint density at radius 2 is 2.26 bits per heavy atom. The predicted octanol–water partition coefficient (Wildman–Crippen LogP) is 3.34. The van der Waals surface area contributed by atoms with Crippen molar-refractivity contribution in [2.75, 3.05) is 6.54 Å².